The van der Waals surface area contributed by atoms with E-state index in [9.17, 15) is 4.79 Å². The van der Waals surface area contributed by atoms with Crippen LogP contribution in [0.25, 0.3) is 5.82 Å². The van der Waals surface area contributed by atoms with E-state index in [1.807, 2.05) is 13.0 Å². The minimum Gasteiger partial charge on any atom is -0.323 e. The number of aromatic nitrogens is 4. The highest BCUT2D eigenvalue weighted by Gasteiger charge is 2.29. The minimum atomic E-state index is -0.0277. The lowest BCUT2D eigenvalue weighted by Crippen LogP contribution is -2.48. The van der Waals surface area contributed by atoms with Crippen molar-refractivity contribution in [3.8, 4) is 5.82 Å². The fraction of sp³-hybridized carbons (Fsp3) is 0.385. The maximum absolute atomic E-state index is 12.3. The molecule has 7 nitrogen and oxygen atoms in total. The number of rotatable bonds is 4. The summed E-state index contributed by atoms with van der Waals surface area (Å²) < 4.78 is 1.53. The molecule has 0 saturated carbocycles. The van der Waals surface area contributed by atoms with Crippen molar-refractivity contribution >= 4 is 36.4 Å². The van der Waals surface area contributed by atoms with Gasteiger partial charge in [-0.3, -0.25) is 4.79 Å². The molecule has 1 fully saturated rings. The summed E-state index contributed by atoms with van der Waals surface area (Å²) in [6, 6.07) is 3.60. The van der Waals surface area contributed by atoms with E-state index in [0.717, 1.165) is 13.1 Å². The molecule has 1 aliphatic heterocycles. The second-order valence-electron chi connectivity index (χ2n) is 4.91. The third-order valence-electron chi connectivity index (χ3n) is 3.61. The third-order valence-corrected chi connectivity index (χ3v) is 3.61. The number of pyridine rings is 1. The Bertz CT molecular complexity index is 602. The van der Waals surface area contributed by atoms with E-state index in [0.29, 0.717) is 17.4 Å². The fourth-order valence-corrected chi connectivity index (χ4v) is 2.12. The maximum atomic E-state index is 12.3. The molecule has 1 saturated heterocycles. The van der Waals surface area contributed by atoms with Crippen molar-refractivity contribution in [3.63, 3.8) is 0 Å². The summed E-state index contributed by atoms with van der Waals surface area (Å²) in [4.78, 5) is 20.4. The highest BCUT2D eigenvalue weighted by Crippen LogP contribution is 2.20. The van der Waals surface area contributed by atoms with Crippen LogP contribution in [0.3, 0.4) is 0 Å². The number of halogens is 2. The minimum absolute atomic E-state index is 0. The molecule has 2 aromatic heterocycles. The summed E-state index contributed by atoms with van der Waals surface area (Å²) in [5.41, 5.74) is 0.641. The van der Waals surface area contributed by atoms with Gasteiger partial charge in [-0.25, -0.2) is 14.6 Å². The first-order chi connectivity index (χ1) is 9.75. The Kier molecular flexibility index (Phi) is 6.73. The first kappa shape index (κ1) is 18.3. The number of anilines is 1. The Morgan fingerprint density at radius 2 is 2.23 bits per heavy atom. The first-order valence-electron chi connectivity index (χ1n) is 6.57. The second kappa shape index (κ2) is 8.07. The molecule has 0 spiro atoms. The zero-order valence-corrected chi connectivity index (χ0v) is 13.6. The van der Waals surface area contributed by atoms with Crippen LogP contribution in [0, 0.1) is 11.8 Å². The van der Waals surface area contributed by atoms with E-state index in [-0.39, 0.29) is 36.6 Å². The zero-order valence-electron chi connectivity index (χ0n) is 12.0. The van der Waals surface area contributed by atoms with Crippen LogP contribution in [0.15, 0.2) is 31.0 Å². The Morgan fingerprint density at radius 1 is 1.45 bits per heavy atom. The first-order valence-corrected chi connectivity index (χ1v) is 6.57. The summed E-state index contributed by atoms with van der Waals surface area (Å²) in [6.45, 7) is 3.75. The Labute approximate surface area is 140 Å². The smallest absolute Gasteiger partial charge is 0.227 e. The van der Waals surface area contributed by atoms with Gasteiger partial charge >= 0.3 is 0 Å². The third kappa shape index (κ3) is 3.73. The summed E-state index contributed by atoms with van der Waals surface area (Å²) in [5.74, 6) is 0.949. The van der Waals surface area contributed by atoms with Crippen LogP contribution in [0.5, 0.6) is 0 Å². The van der Waals surface area contributed by atoms with Gasteiger partial charge in [0.2, 0.25) is 5.91 Å². The number of hydrogen-bond acceptors (Lipinski definition) is 5. The largest absolute Gasteiger partial charge is 0.323 e. The predicted octanol–water partition coefficient (Wildman–Crippen LogP) is 1.30. The molecule has 1 unspecified atom stereocenters. The topological polar surface area (TPSA) is 84.7 Å². The standard InChI is InChI=1S/C13H16N6O.2ClH/c1-9(10-5-14-6-10)13(20)18-11-3-2-4-16-12(11)19-8-15-7-17-19;;/h2-4,7-10,14H,5-6H2,1H3,(H,18,20);2*1H. The van der Waals surface area contributed by atoms with Gasteiger partial charge in [-0.15, -0.1) is 24.8 Å². The number of nitrogens with zero attached hydrogens (tertiary/aromatic N) is 4. The van der Waals surface area contributed by atoms with Crippen LogP contribution in [0.4, 0.5) is 5.69 Å². The van der Waals surface area contributed by atoms with E-state index < -0.39 is 0 Å². The van der Waals surface area contributed by atoms with Gasteiger partial charge in [0.25, 0.3) is 0 Å². The molecule has 3 rings (SSSR count). The Morgan fingerprint density at radius 3 is 2.82 bits per heavy atom. The molecule has 22 heavy (non-hydrogen) atoms. The molecule has 1 amide bonds. The lowest BCUT2D eigenvalue weighted by Gasteiger charge is -2.31. The van der Waals surface area contributed by atoms with Crippen LogP contribution < -0.4 is 10.6 Å². The van der Waals surface area contributed by atoms with Crippen molar-refractivity contribution in [1.29, 1.82) is 0 Å². The average Bonchev–Trinajstić information content (AvgIpc) is 2.91. The predicted molar refractivity (Wildman–Crippen MR) is 87.8 cm³/mol. The Hall–Kier alpha value is -1.70. The molecule has 0 aliphatic carbocycles. The van der Waals surface area contributed by atoms with Crippen molar-refractivity contribution < 1.29 is 4.79 Å². The van der Waals surface area contributed by atoms with E-state index in [1.165, 1.54) is 11.0 Å². The number of carbonyl (C=O) groups excluding carboxylic acids is 1. The molecular formula is C13H18Cl2N6O. The lowest BCUT2D eigenvalue weighted by molar-refractivity contribution is -0.121. The molecule has 0 bridgehead atoms. The lowest BCUT2D eigenvalue weighted by atomic mass is 9.88. The number of amides is 1. The number of hydrogen-bond donors (Lipinski definition) is 2. The van der Waals surface area contributed by atoms with Gasteiger partial charge in [0.05, 0.1) is 5.69 Å². The van der Waals surface area contributed by atoms with Crippen molar-refractivity contribution in [2.75, 3.05) is 18.4 Å². The molecule has 2 aromatic rings. The summed E-state index contributed by atoms with van der Waals surface area (Å²) in [6.07, 6.45) is 4.64. The van der Waals surface area contributed by atoms with Gasteiger partial charge in [0.15, 0.2) is 5.82 Å². The monoisotopic (exact) mass is 344 g/mol. The van der Waals surface area contributed by atoms with E-state index in [4.69, 9.17) is 0 Å². The van der Waals surface area contributed by atoms with Crippen molar-refractivity contribution in [2.24, 2.45) is 11.8 Å². The van der Waals surface area contributed by atoms with Crippen LogP contribution in [-0.2, 0) is 4.79 Å². The van der Waals surface area contributed by atoms with Gasteiger partial charge in [-0.05, 0) is 31.1 Å². The molecule has 1 atom stereocenters. The van der Waals surface area contributed by atoms with Crippen molar-refractivity contribution in [1.82, 2.24) is 25.1 Å². The molecule has 2 N–H and O–H groups in total. The molecule has 3 heterocycles. The van der Waals surface area contributed by atoms with Crippen molar-refractivity contribution in [2.45, 2.75) is 6.92 Å². The van der Waals surface area contributed by atoms with E-state index in [1.54, 1.807) is 18.6 Å². The normalized spacial score (nSPS) is 15.0. The van der Waals surface area contributed by atoms with Gasteiger partial charge in [-0.2, -0.15) is 5.10 Å². The highest BCUT2D eigenvalue weighted by molar-refractivity contribution is 5.94. The zero-order chi connectivity index (χ0) is 13.9. The summed E-state index contributed by atoms with van der Waals surface area (Å²) in [5, 5.41) is 10.2. The van der Waals surface area contributed by atoms with E-state index >= 15 is 0 Å². The molecular weight excluding hydrogens is 327 g/mol. The van der Waals surface area contributed by atoms with Gasteiger partial charge in [0.1, 0.15) is 12.7 Å². The van der Waals surface area contributed by atoms with Crippen molar-refractivity contribution in [3.05, 3.63) is 31.0 Å². The summed E-state index contributed by atoms with van der Waals surface area (Å²) >= 11 is 0. The molecule has 120 valence electrons. The second-order valence-corrected chi connectivity index (χ2v) is 4.91. The van der Waals surface area contributed by atoms with Gasteiger partial charge < -0.3 is 10.6 Å². The maximum Gasteiger partial charge on any atom is 0.227 e. The van der Waals surface area contributed by atoms with Crippen LogP contribution in [0.1, 0.15) is 6.92 Å². The number of carbonyl (C=O) groups is 1. The number of nitrogens with one attached hydrogen (secondary N) is 2. The molecule has 0 radical (unpaired) electrons. The average molecular weight is 345 g/mol. The van der Waals surface area contributed by atoms with Crippen LogP contribution in [-0.4, -0.2) is 38.7 Å². The summed E-state index contributed by atoms with van der Waals surface area (Å²) in [7, 11) is 0. The quantitative estimate of drug-likeness (QED) is 0.873. The Balaban J connectivity index is 0.00000121. The van der Waals surface area contributed by atoms with Gasteiger partial charge in [-0.1, -0.05) is 6.92 Å². The molecule has 1 aliphatic rings. The highest BCUT2D eigenvalue weighted by atomic mass is 35.5. The molecule has 0 aromatic carbocycles. The van der Waals surface area contributed by atoms with Crippen LogP contribution in [0.2, 0.25) is 0 Å². The fourth-order valence-electron chi connectivity index (χ4n) is 2.12. The van der Waals surface area contributed by atoms with Crippen LogP contribution >= 0.6 is 24.8 Å². The SMILES string of the molecule is CC(C(=O)Nc1cccnc1-n1cncn1)C1CNC1.Cl.Cl. The van der Waals surface area contributed by atoms with E-state index in [2.05, 4.69) is 25.7 Å². The molecule has 9 heteroatoms. The van der Waals surface area contributed by atoms with Gasteiger partial charge in [0, 0.05) is 12.1 Å².